The minimum atomic E-state index is -0.834. The first-order valence-corrected chi connectivity index (χ1v) is 14.5. The number of amides is 3. The molecule has 0 radical (unpaired) electrons. The molecule has 40 heavy (non-hydrogen) atoms. The van der Waals surface area contributed by atoms with Crippen molar-refractivity contribution >= 4 is 29.1 Å². The summed E-state index contributed by atoms with van der Waals surface area (Å²) in [6.45, 7) is 7.97. The summed E-state index contributed by atoms with van der Waals surface area (Å²) in [4.78, 5) is 46.6. The SMILES string of the molecule is Cc1ncsc1-c1ccc(CNC(=O)C2CC(O)CN2C(=O)C(NC(=O)CCc2ccccc2)C(C)(C)C)cc1. The van der Waals surface area contributed by atoms with Crippen LogP contribution in [0.15, 0.2) is 60.1 Å². The van der Waals surface area contributed by atoms with E-state index in [0.717, 1.165) is 27.3 Å². The molecule has 0 saturated carbocycles. The minimum absolute atomic E-state index is 0.0479. The Morgan fingerprint density at radius 2 is 1.77 bits per heavy atom. The van der Waals surface area contributed by atoms with Crippen molar-refractivity contribution in [2.24, 2.45) is 5.41 Å². The molecule has 3 amide bonds. The van der Waals surface area contributed by atoms with Gasteiger partial charge in [-0.2, -0.15) is 0 Å². The van der Waals surface area contributed by atoms with Crippen LogP contribution < -0.4 is 10.6 Å². The van der Waals surface area contributed by atoms with Crippen LogP contribution in [0, 0.1) is 12.3 Å². The van der Waals surface area contributed by atoms with Crippen LogP contribution in [0.5, 0.6) is 0 Å². The van der Waals surface area contributed by atoms with Gasteiger partial charge in [0.1, 0.15) is 12.1 Å². The van der Waals surface area contributed by atoms with E-state index in [9.17, 15) is 19.5 Å². The van der Waals surface area contributed by atoms with Gasteiger partial charge in [0, 0.05) is 25.9 Å². The predicted octanol–water partition coefficient (Wildman–Crippen LogP) is 3.86. The highest BCUT2D eigenvalue weighted by Gasteiger charge is 2.44. The first-order chi connectivity index (χ1) is 19.0. The molecule has 0 bridgehead atoms. The Balaban J connectivity index is 1.38. The Morgan fingerprint density at radius 1 is 1.07 bits per heavy atom. The zero-order chi connectivity index (χ0) is 28.9. The molecule has 0 spiro atoms. The van der Waals surface area contributed by atoms with E-state index in [0.29, 0.717) is 13.0 Å². The number of nitrogens with one attached hydrogen (secondary N) is 2. The van der Waals surface area contributed by atoms with Gasteiger partial charge in [0.25, 0.3) is 0 Å². The molecule has 1 fully saturated rings. The molecular weight excluding hydrogens is 524 g/mol. The Bertz CT molecular complexity index is 1320. The molecule has 1 aliphatic heterocycles. The number of carbonyl (C=O) groups is 3. The third-order valence-corrected chi connectivity index (χ3v) is 8.17. The highest BCUT2D eigenvalue weighted by atomic mass is 32.1. The number of likely N-dealkylation sites (tertiary alicyclic amines) is 1. The van der Waals surface area contributed by atoms with Crippen molar-refractivity contribution in [1.82, 2.24) is 20.5 Å². The molecule has 3 aromatic rings. The summed E-state index contributed by atoms with van der Waals surface area (Å²) in [6, 6.07) is 16.0. The highest BCUT2D eigenvalue weighted by Crippen LogP contribution is 2.28. The molecule has 2 aromatic carbocycles. The number of nitrogens with zero attached hydrogens (tertiary/aromatic N) is 2. The van der Waals surface area contributed by atoms with Crippen molar-refractivity contribution < 1.29 is 19.5 Å². The minimum Gasteiger partial charge on any atom is -0.391 e. The topological polar surface area (TPSA) is 112 Å². The standard InChI is InChI=1S/C31H38N4O4S/c1-20-27(40-19-33-20)23-13-10-22(11-14-23)17-32-29(38)25-16-24(36)18-35(25)30(39)28(31(2,3)4)34-26(37)15-12-21-8-6-5-7-9-21/h5-11,13-14,19,24-25,28,36H,12,15-18H2,1-4H3,(H,32,38)(H,34,37). The zero-order valence-corrected chi connectivity index (χ0v) is 24.3. The Labute approximate surface area is 239 Å². The first kappa shape index (κ1) is 29.4. The van der Waals surface area contributed by atoms with Gasteiger partial charge in [0.05, 0.1) is 22.2 Å². The maximum Gasteiger partial charge on any atom is 0.246 e. The van der Waals surface area contributed by atoms with Gasteiger partial charge in [0.15, 0.2) is 0 Å². The molecule has 8 nitrogen and oxygen atoms in total. The maximum atomic E-state index is 13.7. The molecule has 2 heterocycles. The van der Waals surface area contributed by atoms with E-state index in [1.54, 1.807) is 11.3 Å². The quantitative estimate of drug-likeness (QED) is 0.367. The number of benzene rings is 2. The van der Waals surface area contributed by atoms with Gasteiger partial charge in [0.2, 0.25) is 17.7 Å². The van der Waals surface area contributed by atoms with E-state index in [4.69, 9.17) is 0 Å². The zero-order valence-electron chi connectivity index (χ0n) is 23.5. The number of aromatic nitrogens is 1. The number of aryl methyl sites for hydroxylation is 2. The number of hydrogen-bond acceptors (Lipinski definition) is 6. The molecule has 4 rings (SSSR count). The van der Waals surface area contributed by atoms with Crippen LogP contribution in [0.1, 0.15) is 50.4 Å². The van der Waals surface area contributed by atoms with Crippen molar-refractivity contribution in [2.45, 2.75) is 71.7 Å². The van der Waals surface area contributed by atoms with Crippen LogP contribution in [-0.4, -0.2) is 57.4 Å². The van der Waals surface area contributed by atoms with E-state index in [1.807, 2.05) is 87.8 Å². The Kier molecular flexibility index (Phi) is 9.37. The average molecular weight is 563 g/mol. The lowest BCUT2D eigenvalue weighted by Gasteiger charge is -2.35. The summed E-state index contributed by atoms with van der Waals surface area (Å²) in [7, 11) is 0. The van der Waals surface area contributed by atoms with Crippen molar-refractivity contribution in [3.05, 3.63) is 76.9 Å². The van der Waals surface area contributed by atoms with E-state index >= 15 is 0 Å². The maximum absolute atomic E-state index is 13.7. The van der Waals surface area contributed by atoms with Gasteiger partial charge < -0.3 is 20.6 Å². The third kappa shape index (κ3) is 7.34. The summed E-state index contributed by atoms with van der Waals surface area (Å²) in [5, 5.41) is 16.2. The van der Waals surface area contributed by atoms with Gasteiger partial charge in [-0.05, 0) is 35.4 Å². The molecule has 0 aliphatic carbocycles. The smallest absolute Gasteiger partial charge is 0.246 e. The number of carbonyl (C=O) groups excluding carboxylic acids is 3. The Morgan fingerprint density at radius 3 is 2.40 bits per heavy atom. The molecule has 3 unspecified atom stereocenters. The van der Waals surface area contributed by atoms with E-state index in [-0.39, 0.29) is 37.1 Å². The molecule has 1 aliphatic rings. The predicted molar refractivity (Wildman–Crippen MR) is 156 cm³/mol. The van der Waals surface area contributed by atoms with Crippen LogP contribution in [0.2, 0.25) is 0 Å². The van der Waals surface area contributed by atoms with E-state index in [1.165, 1.54) is 4.90 Å². The normalized spacial score (nSPS) is 17.9. The summed E-state index contributed by atoms with van der Waals surface area (Å²) >= 11 is 1.59. The van der Waals surface area contributed by atoms with Crippen LogP contribution >= 0.6 is 11.3 Å². The van der Waals surface area contributed by atoms with Crippen LogP contribution in [0.3, 0.4) is 0 Å². The molecule has 1 saturated heterocycles. The fourth-order valence-corrected chi connectivity index (χ4v) is 5.73. The van der Waals surface area contributed by atoms with Crippen molar-refractivity contribution in [3.63, 3.8) is 0 Å². The van der Waals surface area contributed by atoms with Gasteiger partial charge in [-0.1, -0.05) is 75.4 Å². The summed E-state index contributed by atoms with van der Waals surface area (Å²) in [6.07, 6.45) is 0.157. The lowest BCUT2D eigenvalue weighted by molar-refractivity contribution is -0.144. The second kappa shape index (κ2) is 12.7. The van der Waals surface area contributed by atoms with Gasteiger partial charge >= 0.3 is 0 Å². The van der Waals surface area contributed by atoms with Gasteiger partial charge in [-0.15, -0.1) is 11.3 Å². The fourth-order valence-electron chi connectivity index (χ4n) is 4.92. The van der Waals surface area contributed by atoms with E-state index in [2.05, 4.69) is 15.6 Å². The second-order valence-electron chi connectivity index (χ2n) is 11.4. The third-order valence-electron chi connectivity index (χ3n) is 7.19. The Hall–Kier alpha value is -3.56. The van der Waals surface area contributed by atoms with Crippen molar-refractivity contribution in [3.8, 4) is 10.4 Å². The van der Waals surface area contributed by atoms with Crippen LogP contribution in [0.25, 0.3) is 10.4 Å². The molecular formula is C31H38N4O4S. The summed E-state index contributed by atoms with van der Waals surface area (Å²) in [5.74, 6) is -0.910. The summed E-state index contributed by atoms with van der Waals surface area (Å²) in [5.41, 5.74) is 5.26. The number of aliphatic hydroxyl groups is 1. The summed E-state index contributed by atoms with van der Waals surface area (Å²) < 4.78 is 0. The molecule has 1 aromatic heterocycles. The molecule has 3 atom stereocenters. The second-order valence-corrected chi connectivity index (χ2v) is 12.3. The van der Waals surface area contributed by atoms with Gasteiger partial charge in [-0.3, -0.25) is 14.4 Å². The first-order valence-electron chi connectivity index (χ1n) is 13.6. The molecule has 212 valence electrons. The number of β-amino-alcohol motifs (C(OH)–C–C–N with tert-alkyl or cyclic N) is 1. The van der Waals surface area contributed by atoms with Crippen LogP contribution in [0.4, 0.5) is 0 Å². The lowest BCUT2D eigenvalue weighted by atomic mass is 9.85. The lowest BCUT2D eigenvalue weighted by Crippen LogP contribution is -2.57. The number of thiazole rings is 1. The molecule has 3 N–H and O–H groups in total. The average Bonchev–Trinajstić information content (AvgIpc) is 3.54. The number of aliphatic hydroxyl groups excluding tert-OH is 1. The largest absolute Gasteiger partial charge is 0.391 e. The van der Waals surface area contributed by atoms with Crippen molar-refractivity contribution in [2.75, 3.05) is 6.54 Å². The van der Waals surface area contributed by atoms with Crippen LogP contribution in [-0.2, 0) is 27.3 Å². The van der Waals surface area contributed by atoms with Gasteiger partial charge in [-0.25, -0.2) is 4.98 Å². The van der Waals surface area contributed by atoms with Crippen molar-refractivity contribution in [1.29, 1.82) is 0 Å². The molecule has 9 heteroatoms. The number of rotatable bonds is 9. The monoisotopic (exact) mass is 562 g/mol. The van der Waals surface area contributed by atoms with E-state index < -0.39 is 23.6 Å². The highest BCUT2D eigenvalue weighted by molar-refractivity contribution is 7.13. The fraction of sp³-hybridized carbons (Fsp3) is 0.419. The number of hydrogen-bond donors (Lipinski definition) is 3.